The van der Waals surface area contributed by atoms with Gasteiger partial charge >= 0.3 is 0 Å². The van der Waals surface area contributed by atoms with Crippen LogP contribution in [0, 0.1) is 12.7 Å². The first-order chi connectivity index (χ1) is 5.61. The smallest absolute Gasteiger partial charge is 0.259 e. The molecule has 1 rings (SSSR count). The zero-order valence-electron chi connectivity index (χ0n) is 6.37. The van der Waals surface area contributed by atoms with Crippen LogP contribution in [0.4, 0.5) is 10.1 Å². The Morgan fingerprint density at radius 2 is 2.25 bits per heavy atom. The van der Waals surface area contributed by atoms with Crippen molar-refractivity contribution in [2.24, 2.45) is 0 Å². The predicted molar refractivity (Wildman–Crippen MR) is 45.5 cm³/mol. The number of hydrogen-bond acceptors (Lipinski definition) is 1. The third-order valence-corrected chi connectivity index (χ3v) is 1.78. The van der Waals surface area contributed by atoms with Crippen molar-refractivity contribution in [3.63, 3.8) is 0 Å². The average molecular weight is 189 g/mol. The molecule has 0 amide bonds. The summed E-state index contributed by atoms with van der Waals surface area (Å²) in [6, 6.07) is 4.59. The minimum Gasteiger partial charge on any atom is -0.289 e. The van der Waals surface area contributed by atoms with Crippen molar-refractivity contribution in [1.82, 2.24) is 0 Å². The van der Waals surface area contributed by atoms with Crippen LogP contribution in [0.1, 0.15) is 5.56 Å². The van der Waals surface area contributed by atoms with Crippen molar-refractivity contribution in [3.8, 4) is 0 Å². The van der Waals surface area contributed by atoms with Gasteiger partial charge in [0.2, 0.25) is 0 Å². The third-order valence-electron chi connectivity index (χ3n) is 1.39. The Balaban J connectivity index is 3.00. The molecule has 0 radical (unpaired) electrons. The van der Waals surface area contributed by atoms with Crippen LogP contribution < -0.4 is 4.72 Å². The maximum absolute atomic E-state index is 13.1. The molecule has 0 saturated carbocycles. The molecule has 1 aromatic carbocycles. The lowest BCUT2D eigenvalue weighted by molar-refractivity contribution is 0.568. The highest BCUT2D eigenvalue weighted by atomic mass is 32.2. The maximum atomic E-state index is 13.1. The summed E-state index contributed by atoms with van der Waals surface area (Å²) < 4.78 is 33.8. The average Bonchev–Trinajstić information content (AvgIpc) is 1.98. The Morgan fingerprint density at radius 3 is 2.83 bits per heavy atom. The van der Waals surface area contributed by atoms with Crippen LogP contribution in [0.15, 0.2) is 18.2 Å². The van der Waals surface area contributed by atoms with Gasteiger partial charge in [0.25, 0.3) is 11.3 Å². The Kier molecular flexibility index (Phi) is 2.78. The highest BCUT2D eigenvalue weighted by Crippen LogP contribution is 2.16. The van der Waals surface area contributed by atoms with E-state index in [1.165, 1.54) is 6.07 Å². The molecular weight excluding hydrogens is 181 g/mol. The van der Waals surface area contributed by atoms with E-state index in [9.17, 15) is 8.60 Å². The molecule has 66 valence electrons. The Bertz CT molecular complexity index is 316. The number of anilines is 1. The largest absolute Gasteiger partial charge is 0.289 e. The first-order valence-corrected chi connectivity index (χ1v) is 4.34. The number of hydrogen-bond donors (Lipinski definition) is 2. The van der Waals surface area contributed by atoms with E-state index in [-0.39, 0.29) is 5.69 Å². The summed E-state index contributed by atoms with van der Waals surface area (Å²) in [6.07, 6.45) is 0. The second kappa shape index (κ2) is 3.64. The van der Waals surface area contributed by atoms with Gasteiger partial charge in [-0.15, -0.1) is 0 Å². The van der Waals surface area contributed by atoms with Crippen LogP contribution in [-0.4, -0.2) is 8.76 Å². The summed E-state index contributed by atoms with van der Waals surface area (Å²) in [7, 11) is 0. The zero-order valence-corrected chi connectivity index (χ0v) is 7.19. The standard InChI is InChI=1S/C7H8FNO2S/c1-5-3-2-4-6(7(5)8)9-12(10)11/h2-4,9H,1H3,(H,10,11). The lowest BCUT2D eigenvalue weighted by atomic mass is 10.2. The molecule has 5 heteroatoms. The van der Waals surface area contributed by atoms with Gasteiger partial charge in [-0.3, -0.25) is 9.27 Å². The van der Waals surface area contributed by atoms with Gasteiger partial charge in [-0.2, -0.15) is 0 Å². The lowest BCUT2D eigenvalue weighted by Gasteiger charge is -2.03. The molecule has 0 fully saturated rings. The first-order valence-electron chi connectivity index (χ1n) is 3.24. The second-order valence-corrected chi connectivity index (χ2v) is 2.99. The molecule has 0 saturated heterocycles. The van der Waals surface area contributed by atoms with Crippen molar-refractivity contribution in [2.45, 2.75) is 6.92 Å². The lowest BCUT2D eigenvalue weighted by Crippen LogP contribution is -2.04. The van der Waals surface area contributed by atoms with Gasteiger partial charge in [0.05, 0.1) is 5.69 Å². The molecule has 0 aromatic heterocycles. The molecular formula is C7H8FNO2S. The molecule has 0 aliphatic carbocycles. The number of halogens is 1. The molecule has 0 spiro atoms. The van der Waals surface area contributed by atoms with Crippen molar-refractivity contribution >= 4 is 17.0 Å². The number of benzene rings is 1. The van der Waals surface area contributed by atoms with Crippen molar-refractivity contribution in [3.05, 3.63) is 29.6 Å². The summed E-state index contributed by atoms with van der Waals surface area (Å²) in [5, 5.41) is 0. The summed E-state index contributed by atoms with van der Waals surface area (Å²) in [6.45, 7) is 1.58. The first kappa shape index (κ1) is 9.15. The van der Waals surface area contributed by atoms with Crippen LogP contribution in [-0.2, 0) is 11.3 Å². The summed E-state index contributed by atoms with van der Waals surface area (Å²) in [5.41, 5.74) is 0.473. The maximum Gasteiger partial charge on any atom is 0.259 e. The molecule has 12 heavy (non-hydrogen) atoms. The molecule has 2 N–H and O–H groups in total. The van der Waals surface area contributed by atoms with E-state index in [0.29, 0.717) is 5.56 Å². The number of aryl methyl sites for hydroxylation is 1. The molecule has 0 aliphatic heterocycles. The van der Waals surface area contributed by atoms with Crippen LogP contribution in [0.5, 0.6) is 0 Å². The van der Waals surface area contributed by atoms with E-state index in [2.05, 4.69) is 4.72 Å². The van der Waals surface area contributed by atoms with Crippen molar-refractivity contribution in [2.75, 3.05) is 4.72 Å². The zero-order chi connectivity index (χ0) is 9.14. The van der Waals surface area contributed by atoms with Crippen molar-refractivity contribution in [1.29, 1.82) is 0 Å². The number of rotatable bonds is 2. The summed E-state index contributed by atoms with van der Waals surface area (Å²) in [5.74, 6) is -0.500. The van der Waals surface area contributed by atoms with E-state index >= 15 is 0 Å². The fourth-order valence-corrected chi connectivity index (χ4v) is 1.17. The van der Waals surface area contributed by atoms with Gasteiger partial charge in [0, 0.05) is 0 Å². The highest BCUT2D eigenvalue weighted by Gasteiger charge is 2.04. The Morgan fingerprint density at radius 1 is 1.58 bits per heavy atom. The van der Waals surface area contributed by atoms with Crippen LogP contribution in [0.2, 0.25) is 0 Å². The van der Waals surface area contributed by atoms with Crippen LogP contribution in [0.3, 0.4) is 0 Å². The predicted octanol–water partition coefficient (Wildman–Crippen LogP) is 1.68. The third kappa shape index (κ3) is 2.02. The van der Waals surface area contributed by atoms with E-state index < -0.39 is 17.1 Å². The van der Waals surface area contributed by atoms with E-state index in [1.807, 2.05) is 0 Å². The summed E-state index contributed by atoms with van der Waals surface area (Å²) in [4.78, 5) is 0. The van der Waals surface area contributed by atoms with Gasteiger partial charge < -0.3 is 0 Å². The quantitative estimate of drug-likeness (QED) is 0.695. The van der Waals surface area contributed by atoms with Gasteiger partial charge in [-0.05, 0) is 18.6 Å². The second-order valence-electron chi connectivity index (χ2n) is 2.29. The fourth-order valence-electron chi connectivity index (χ4n) is 0.820. The van der Waals surface area contributed by atoms with Crippen LogP contribution in [0.25, 0.3) is 0 Å². The van der Waals surface area contributed by atoms with E-state index in [4.69, 9.17) is 4.55 Å². The number of nitrogens with one attached hydrogen (secondary N) is 1. The minimum absolute atomic E-state index is 0.0378. The molecule has 1 aromatic rings. The normalized spacial score (nSPS) is 12.6. The van der Waals surface area contributed by atoms with Gasteiger partial charge in [0.15, 0.2) is 0 Å². The van der Waals surface area contributed by atoms with Gasteiger partial charge in [-0.1, -0.05) is 12.1 Å². The van der Waals surface area contributed by atoms with Gasteiger partial charge in [-0.25, -0.2) is 8.60 Å². The molecule has 1 atom stereocenters. The van der Waals surface area contributed by atoms with Crippen LogP contribution >= 0.6 is 0 Å². The Labute approximate surface area is 72.0 Å². The SMILES string of the molecule is Cc1cccc(NS(=O)O)c1F. The molecule has 0 aliphatic rings. The Hall–Kier alpha value is -0.940. The monoisotopic (exact) mass is 189 g/mol. The molecule has 0 bridgehead atoms. The molecule has 1 unspecified atom stereocenters. The van der Waals surface area contributed by atoms with Crippen molar-refractivity contribution < 1.29 is 13.2 Å². The minimum atomic E-state index is -2.23. The molecule has 3 nitrogen and oxygen atoms in total. The fraction of sp³-hybridized carbons (Fsp3) is 0.143. The highest BCUT2D eigenvalue weighted by molar-refractivity contribution is 7.80. The topological polar surface area (TPSA) is 49.3 Å². The molecule has 0 heterocycles. The summed E-state index contributed by atoms with van der Waals surface area (Å²) >= 11 is -2.23. The van der Waals surface area contributed by atoms with E-state index in [0.717, 1.165) is 0 Å². The van der Waals surface area contributed by atoms with Gasteiger partial charge in [0.1, 0.15) is 5.82 Å². The van der Waals surface area contributed by atoms with E-state index in [1.54, 1.807) is 19.1 Å².